The molecule has 0 saturated heterocycles. The number of fused-ring (bicyclic) bond motifs is 2. The fourth-order valence-electron chi connectivity index (χ4n) is 3.53. The summed E-state index contributed by atoms with van der Waals surface area (Å²) in [6.45, 7) is 5.62. The molecule has 0 N–H and O–H groups in total. The lowest BCUT2D eigenvalue weighted by Crippen LogP contribution is -2.26. The average Bonchev–Trinajstić information content (AvgIpc) is 2.48. The molecule has 2 aromatic carbocycles. The third kappa shape index (κ3) is 1.47. The molecule has 0 unspecified atom stereocenters. The zero-order valence-electron chi connectivity index (χ0n) is 12.5. The maximum absolute atomic E-state index is 14.5. The van der Waals surface area contributed by atoms with Gasteiger partial charge in [-0.3, -0.25) is 0 Å². The number of aryl methyl sites for hydroxylation is 1. The predicted molar refractivity (Wildman–Crippen MR) is 81.8 cm³/mol. The van der Waals surface area contributed by atoms with Crippen LogP contribution < -0.4 is 0 Å². The van der Waals surface area contributed by atoms with Gasteiger partial charge in [-0.25, -0.2) is 18.7 Å². The van der Waals surface area contributed by atoms with Crippen LogP contribution in [-0.4, -0.2) is 9.97 Å². The van der Waals surface area contributed by atoms with Crippen LogP contribution in [0, 0.1) is 18.6 Å². The molecule has 0 fully saturated rings. The van der Waals surface area contributed by atoms with Crippen molar-refractivity contribution in [1.82, 2.24) is 9.97 Å². The average molecular weight is 296 g/mol. The van der Waals surface area contributed by atoms with Crippen molar-refractivity contribution in [3.63, 3.8) is 0 Å². The molecule has 1 aromatic heterocycles. The molecule has 0 amide bonds. The van der Waals surface area contributed by atoms with Crippen LogP contribution in [0.3, 0.4) is 0 Å². The van der Waals surface area contributed by atoms with Gasteiger partial charge in [0.25, 0.3) is 0 Å². The number of hydrogen-bond donors (Lipinski definition) is 0. The van der Waals surface area contributed by atoms with Crippen molar-refractivity contribution in [1.29, 1.82) is 0 Å². The van der Waals surface area contributed by atoms with Crippen LogP contribution in [0.25, 0.3) is 22.2 Å². The minimum Gasteiger partial charge on any atom is -0.236 e. The van der Waals surface area contributed by atoms with E-state index in [0.29, 0.717) is 33.3 Å². The van der Waals surface area contributed by atoms with Crippen LogP contribution in [0.4, 0.5) is 8.78 Å². The maximum atomic E-state index is 14.5. The molecular weight excluding hydrogens is 282 g/mol. The summed E-state index contributed by atoms with van der Waals surface area (Å²) in [4.78, 5) is 8.44. The van der Waals surface area contributed by atoms with Crippen LogP contribution in [0.2, 0.25) is 0 Å². The van der Waals surface area contributed by atoms with Crippen LogP contribution >= 0.6 is 0 Å². The highest BCUT2D eigenvalue weighted by molar-refractivity contribution is 6.00. The van der Waals surface area contributed by atoms with Crippen molar-refractivity contribution in [3.05, 3.63) is 58.9 Å². The van der Waals surface area contributed by atoms with Crippen molar-refractivity contribution in [2.24, 2.45) is 0 Å². The molecule has 22 heavy (non-hydrogen) atoms. The van der Waals surface area contributed by atoms with Gasteiger partial charge >= 0.3 is 0 Å². The molecule has 1 aliphatic carbocycles. The number of hydrogen-bond acceptors (Lipinski definition) is 2. The van der Waals surface area contributed by atoms with E-state index < -0.39 is 5.41 Å². The first-order chi connectivity index (χ1) is 10.4. The first kappa shape index (κ1) is 13.3. The van der Waals surface area contributed by atoms with E-state index in [1.165, 1.54) is 12.4 Å². The van der Waals surface area contributed by atoms with Gasteiger partial charge in [0.15, 0.2) is 5.82 Å². The predicted octanol–water partition coefficient (Wildman–Crippen LogP) is 4.52. The summed E-state index contributed by atoms with van der Waals surface area (Å²) in [5.74, 6) is -0.597. The third-order valence-corrected chi connectivity index (χ3v) is 4.60. The van der Waals surface area contributed by atoms with E-state index >= 15 is 0 Å². The molecule has 4 heteroatoms. The number of nitrogens with zero attached hydrogens (tertiary/aromatic N) is 2. The van der Waals surface area contributed by atoms with Gasteiger partial charge in [-0.1, -0.05) is 32.0 Å². The Hall–Kier alpha value is -2.36. The minimum absolute atomic E-state index is 0.262. The summed E-state index contributed by atoms with van der Waals surface area (Å²) in [6.07, 6.45) is 1.34. The SMILES string of the molecule is Cc1cc2c3c(ncnc3c1F)-c1cccc(F)c1C2(C)C. The smallest absolute Gasteiger partial charge is 0.152 e. The molecule has 0 spiro atoms. The lowest BCUT2D eigenvalue weighted by molar-refractivity contribution is 0.548. The van der Waals surface area contributed by atoms with Gasteiger partial charge in [0.1, 0.15) is 17.7 Å². The van der Waals surface area contributed by atoms with E-state index in [1.807, 2.05) is 19.9 Å². The lowest BCUT2D eigenvalue weighted by Gasteiger charge is -2.34. The summed E-state index contributed by atoms with van der Waals surface area (Å²) in [5.41, 5.74) is 3.04. The van der Waals surface area contributed by atoms with Gasteiger partial charge in [0.05, 0.1) is 5.69 Å². The minimum atomic E-state index is -0.574. The Kier molecular flexibility index (Phi) is 2.48. The van der Waals surface area contributed by atoms with Gasteiger partial charge in [0.2, 0.25) is 0 Å². The molecule has 110 valence electrons. The number of halogens is 2. The van der Waals surface area contributed by atoms with E-state index in [-0.39, 0.29) is 11.6 Å². The van der Waals surface area contributed by atoms with Crippen molar-refractivity contribution >= 4 is 10.9 Å². The highest BCUT2D eigenvalue weighted by Gasteiger charge is 2.37. The first-order valence-electron chi connectivity index (χ1n) is 7.16. The molecular formula is C18H14F2N2. The van der Waals surface area contributed by atoms with Gasteiger partial charge in [-0.05, 0) is 24.1 Å². The second kappa shape index (κ2) is 4.09. The number of benzene rings is 2. The zero-order chi connectivity index (χ0) is 15.6. The first-order valence-corrected chi connectivity index (χ1v) is 7.16. The standard InChI is InChI=1S/C18H14F2N2/c1-9-7-11-13-16(21-8-22-17(13)15(9)20)10-5-4-6-12(19)14(10)18(11,2)3/h4-8H,1-3H3. The molecule has 0 radical (unpaired) electrons. The molecule has 1 aliphatic rings. The molecule has 0 atom stereocenters. The second-order valence-electron chi connectivity index (χ2n) is 6.29. The quantitative estimate of drug-likeness (QED) is 0.609. The van der Waals surface area contributed by atoms with Gasteiger partial charge in [-0.15, -0.1) is 0 Å². The molecule has 3 aromatic rings. The summed E-state index contributed by atoms with van der Waals surface area (Å²) >= 11 is 0. The van der Waals surface area contributed by atoms with Crippen LogP contribution in [0.15, 0.2) is 30.6 Å². The van der Waals surface area contributed by atoms with E-state index in [4.69, 9.17) is 0 Å². The fraction of sp³-hybridized carbons (Fsp3) is 0.222. The number of aromatic nitrogens is 2. The molecule has 2 nitrogen and oxygen atoms in total. The Morgan fingerprint density at radius 2 is 1.86 bits per heavy atom. The van der Waals surface area contributed by atoms with Crippen LogP contribution in [0.1, 0.15) is 30.5 Å². The van der Waals surface area contributed by atoms with Crippen LogP contribution in [-0.2, 0) is 5.41 Å². The summed E-state index contributed by atoms with van der Waals surface area (Å²) in [7, 11) is 0. The maximum Gasteiger partial charge on any atom is 0.152 e. The lowest BCUT2D eigenvalue weighted by atomic mass is 9.69. The third-order valence-electron chi connectivity index (χ3n) is 4.60. The molecule has 4 rings (SSSR count). The molecule has 0 saturated carbocycles. The van der Waals surface area contributed by atoms with Gasteiger partial charge < -0.3 is 0 Å². The van der Waals surface area contributed by atoms with E-state index in [9.17, 15) is 8.78 Å². The molecule has 1 heterocycles. The van der Waals surface area contributed by atoms with Gasteiger partial charge in [-0.2, -0.15) is 0 Å². The number of rotatable bonds is 0. The highest BCUT2D eigenvalue weighted by Crippen LogP contribution is 2.48. The molecule has 0 bridgehead atoms. The Labute approximate surface area is 126 Å². The summed E-state index contributed by atoms with van der Waals surface area (Å²) in [5, 5.41) is 0.689. The second-order valence-corrected chi connectivity index (χ2v) is 6.29. The van der Waals surface area contributed by atoms with E-state index in [2.05, 4.69) is 9.97 Å². The Balaban J connectivity index is 2.30. The Bertz CT molecular complexity index is 945. The highest BCUT2D eigenvalue weighted by atomic mass is 19.1. The van der Waals surface area contributed by atoms with Crippen molar-refractivity contribution in [2.45, 2.75) is 26.2 Å². The topological polar surface area (TPSA) is 25.8 Å². The fourth-order valence-corrected chi connectivity index (χ4v) is 3.53. The van der Waals surface area contributed by atoms with E-state index in [0.717, 1.165) is 5.56 Å². The normalized spacial score (nSPS) is 15.0. The Morgan fingerprint density at radius 3 is 2.64 bits per heavy atom. The van der Waals surface area contributed by atoms with E-state index in [1.54, 1.807) is 19.1 Å². The monoisotopic (exact) mass is 296 g/mol. The summed E-state index contributed by atoms with van der Waals surface area (Å²) in [6, 6.07) is 6.75. The van der Waals surface area contributed by atoms with Crippen molar-refractivity contribution in [2.75, 3.05) is 0 Å². The van der Waals surface area contributed by atoms with Crippen LogP contribution in [0.5, 0.6) is 0 Å². The molecule has 0 aliphatic heterocycles. The largest absolute Gasteiger partial charge is 0.236 e. The van der Waals surface area contributed by atoms with Gasteiger partial charge in [0, 0.05) is 21.9 Å². The summed E-state index contributed by atoms with van der Waals surface area (Å²) < 4.78 is 29.0. The Morgan fingerprint density at radius 1 is 1.09 bits per heavy atom. The zero-order valence-corrected chi connectivity index (χ0v) is 12.5. The van der Waals surface area contributed by atoms with Crippen molar-refractivity contribution < 1.29 is 8.78 Å². The van der Waals surface area contributed by atoms with Crippen molar-refractivity contribution in [3.8, 4) is 11.3 Å².